The molecule has 0 saturated heterocycles. The normalized spacial score (nSPS) is 11.1. The highest BCUT2D eigenvalue weighted by atomic mass is 35.5. The van der Waals surface area contributed by atoms with E-state index in [4.69, 9.17) is 11.6 Å². The maximum Gasteiger partial charge on any atom is 0.123 e. The number of hydrogen-bond donors (Lipinski definition) is 0. The summed E-state index contributed by atoms with van der Waals surface area (Å²) >= 11 is 5.89. The number of pyridine rings is 1. The Morgan fingerprint density at radius 2 is 2.11 bits per heavy atom. The zero-order chi connectivity index (χ0) is 13.2. The Bertz CT molecular complexity index is 718. The number of aromatic nitrogens is 3. The lowest BCUT2D eigenvalue weighted by atomic mass is 10.1. The van der Waals surface area contributed by atoms with Gasteiger partial charge in [-0.3, -0.25) is 4.98 Å². The van der Waals surface area contributed by atoms with Crippen LogP contribution in [0.4, 0.5) is 0 Å². The summed E-state index contributed by atoms with van der Waals surface area (Å²) in [5, 5.41) is 1.18. The third-order valence-electron chi connectivity index (χ3n) is 3.19. The van der Waals surface area contributed by atoms with E-state index < -0.39 is 0 Å². The van der Waals surface area contributed by atoms with Crippen molar-refractivity contribution in [3.8, 4) is 0 Å². The Morgan fingerprint density at radius 1 is 1.26 bits per heavy atom. The summed E-state index contributed by atoms with van der Waals surface area (Å²) in [7, 11) is 0. The zero-order valence-electron chi connectivity index (χ0n) is 10.7. The number of halogens is 1. The average molecular weight is 272 g/mol. The average Bonchev–Trinajstić information content (AvgIpc) is 2.86. The monoisotopic (exact) mass is 271 g/mol. The van der Waals surface area contributed by atoms with Crippen LogP contribution in [0.2, 0.25) is 0 Å². The SMILES string of the molecule is Cc1cc(Cn2ccnc2CCl)c2ccccc2n1. The first-order chi connectivity index (χ1) is 9.28. The molecule has 2 heterocycles. The summed E-state index contributed by atoms with van der Waals surface area (Å²) in [5.74, 6) is 1.31. The molecule has 2 aromatic heterocycles. The molecule has 0 unspecified atom stereocenters. The number of fused-ring (bicyclic) bond motifs is 1. The number of rotatable bonds is 3. The summed E-state index contributed by atoms with van der Waals surface area (Å²) in [6, 6.07) is 10.3. The van der Waals surface area contributed by atoms with Crippen molar-refractivity contribution in [3.05, 3.63) is 59.8 Å². The second-order valence-corrected chi connectivity index (χ2v) is 4.81. The van der Waals surface area contributed by atoms with Crippen molar-refractivity contribution < 1.29 is 0 Å². The Labute approximate surface area is 116 Å². The molecule has 1 aromatic carbocycles. The number of imidazole rings is 1. The van der Waals surface area contributed by atoms with E-state index >= 15 is 0 Å². The predicted octanol–water partition coefficient (Wildman–Crippen LogP) is 3.53. The van der Waals surface area contributed by atoms with Gasteiger partial charge in [-0.05, 0) is 24.6 Å². The summed E-state index contributed by atoms with van der Waals surface area (Å²) in [6.07, 6.45) is 3.75. The lowest BCUT2D eigenvalue weighted by molar-refractivity contribution is 0.758. The highest BCUT2D eigenvalue weighted by molar-refractivity contribution is 6.16. The van der Waals surface area contributed by atoms with E-state index in [1.807, 2.05) is 31.3 Å². The van der Waals surface area contributed by atoms with Crippen LogP contribution in [0.25, 0.3) is 10.9 Å². The molecule has 96 valence electrons. The van der Waals surface area contributed by atoms with Gasteiger partial charge in [-0.1, -0.05) is 18.2 Å². The van der Waals surface area contributed by atoms with Crippen molar-refractivity contribution in [2.24, 2.45) is 0 Å². The smallest absolute Gasteiger partial charge is 0.123 e. The summed E-state index contributed by atoms with van der Waals surface area (Å²) < 4.78 is 2.08. The molecule has 0 fully saturated rings. The van der Waals surface area contributed by atoms with Crippen molar-refractivity contribution in [3.63, 3.8) is 0 Å². The van der Waals surface area contributed by atoms with Crippen LogP contribution in [-0.2, 0) is 12.4 Å². The van der Waals surface area contributed by atoms with Crippen molar-refractivity contribution in [1.82, 2.24) is 14.5 Å². The summed E-state index contributed by atoms with van der Waals surface area (Å²) in [6.45, 7) is 2.79. The molecule has 4 heteroatoms. The first-order valence-corrected chi connectivity index (χ1v) is 6.72. The number of benzene rings is 1. The lowest BCUT2D eigenvalue weighted by Gasteiger charge is -2.10. The van der Waals surface area contributed by atoms with Gasteiger partial charge < -0.3 is 4.57 Å². The molecule has 0 spiro atoms. The fourth-order valence-electron chi connectivity index (χ4n) is 2.32. The molecule has 0 aliphatic carbocycles. The third-order valence-corrected chi connectivity index (χ3v) is 3.43. The van der Waals surface area contributed by atoms with Crippen LogP contribution in [0, 0.1) is 6.92 Å². The molecule has 0 radical (unpaired) electrons. The van der Waals surface area contributed by atoms with Crippen LogP contribution in [0.3, 0.4) is 0 Å². The second-order valence-electron chi connectivity index (χ2n) is 4.54. The highest BCUT2D eigenvalue weighted by Gasteiger charge is 2.07. The van der Waals surface area contributed by atoms with Crippen molar-refractivity contribution in [2.75, 3.05) is 0 Å². The molecule has 0 atom stereocenters. The highest BCUT2D eigenvalue weighted by Crippen LogP contribution is 2.19. The Balaban J connectivity index is 2.10. The summed E-state index contributed by atoms with van der Waals surface area (Å²) in [4.78, 5) is 8.81. The van der Waals surface area contributed by atoms with Crippen LogP contribution in [0.1, 0.15) is 17.1 Å². The van der Waals surface area contributed by atoms with E-state index in [0.29, 0.717) is 5.88 Å². The molecule has 0 N–H and O–H groups in total. The van der Waals surface area contributed by atoms with Gasteiger partial charge in [-0.2, -0.15) is 0 Å². The Kier molecular flexibility index (Phi) is 3.22. The number of alkyl halides is 1. The molecule has 3 aromatic rings. The molecule has 0 aliphatic heterocycles. The number of aryl methyl sites for hydroxylation is 1. The number of nitrogens with zero attached hydrogens (tertiary/aromatic N) is 3. The lowest BCUT2D eigenvalue weighted by Crippen LogP contribution is -2.04. The minimum Gasteiger partial charge on any atom is -0.329 e. The molecular weight excluding hydrogens is 258 g/mol. The molecule has 0 saturated carbocycles. The third kappa shape index (κ3) is 2.34. The quantitative estimate of drug-likeness (QED) is 0.683. The fraction of sp³-hybridized carbons (Fsp3) is 0.200. The first-order valence-electron chi connectivity index (χ1n) is 6.19. The van der Waals surface area contributed by atoms with Crippen molar-refractivity contribution in [2.45, 2.75) is 19.3 Å². The largest absolute Gasteiger partial charge is 0.329 e. The maximum atomic E-state index is 5.89. The summed E-state index contributed by atoms with van der Waals surface area (Å²) in [5.41, 5.74) is 3.30. The van der Waals surface area contributed by atoms with Gasteiger partial charge in [0.25, 0.3) is 0 Å². The first kappa shape index (κ1) is 12.2. The number of hydrogen-bond acceptors (Lipinski definition) is 2. The van der Waals surface area contributed by atoms with Crippen LogP contribution in [-0.4, -0.2) is 14.5 Å². The minimum absolute atomic E-state index is 0.426. The number of para-hydroxylation sites is 1. The van der Waals surface area contributed by atoms with Crippen molar-refractivity contribution >= 4 is 22.5 Å². The topological polar surface area (TPSA) is 30.7 Å². The van der Waals surface area contributed by atoms with Gasteiger partial charge >= 0.3 is 0 Å². The van der Waals surface area contributed by atoms with E-state index in [0.717, 1.165) is 23.6 Å². The molecule has 0 amide bonds. The van der Waals surface area contributed by atoms with Gasteiger partial charge in [-0.25, -0.2) is 4.98 Å². The maximum absolute atomic E-state index is 5.89. The minimum atomic E-state index is 0.426. The second kappa shape index (κ2) is 5.02. The standard InChI is InChI=1S/C15H14ClN3/c1-11-8-12(10-19-7-6-17-15(19)9-16)13-4-2-3-5-14(13)18-11/h2-8H,9-10H2,1H3. The van der Waals surface area contributed by atoms with Crippen molar-refractivity contribution in [1.29, 1.82) is 0 Å². The van der Waals surface area contributed by atoms with Gasteiger partial charge in [-0.15, -0.1) is 11.6 Å². The molecule has 0 bridgehead atoms. The predicted molar refractivity (Wildman–Crippen MR) is 77.4 cm³/mol. The molecule has 0 aliphatic rings. The van der Waals surface area contributed by atoms with Gasteiger partial charge in [0, 0.05) is 30.0 Å². The molecule has 19 heavy (non-hydrogen) atoms. The van der Waals surface area contributed by atoms with Gasteiger partial charge in [0.05, 0.1) is 11.4 Å². The Morgan fingerprint density at radius 3 is 2.95 bits per heavy atom. The van der Waals surface area contributed by atoms with E-state index in [1.54, 1.807) is 6.20 Å². The molecular formula is C15H14ClN3. The fourth-order valence-corrected chi connectivity index (χ4v) is 2.55. The Hall–Kier alpha value is -1.87. The van der Waals surface area contributed by atoms with Crippen LogP contribution < -0.4 is 0 Å². The van der Waals surface area contributed by atoms with Crippen LogP contribution in [0.15, 0.2) is 42.7 Å². The van der Waals surface area contributed by atoms with Gasteiger partial charge in [0.2, 0.25) is 0 Å². The van der Waals surface area contributed by atoms with E-state index in [-0.39, 0.29) is 0 Å². The van der Waals surface area contributed by atoms with E-state index in [9.17, 15) is 0 Å². The molecule has 3 nitrogen and oxygen atoms in total. The van der Waals surface area contributed by atoms with E-state index in [2.05, 4.69) is 26.7 Å². The van der Waals surface area contributed by atoms with E-state index in [1.165, 1.54) is 10.9 Å². The van der Waals surface area contributed by atoms with Gasteiger partial charge in [0.15, 0.2) is 0 Å². The van der Waals surface area contributed by atoms with Crippen LogP contribution >= 0.6 is 11.6 Å². The van der Waals surface area contributed by atoms with Crippen LogP contribution in [0.5, 0.6) is 0 Å². The zero-order valence-corrected chi connectivity index (χ0v) is 11.4. The van der Waals surface area contributed by atoms with Gasteiger partial charge in [0.1, 0.15) is 5.82 Å². The molecule has 3 rings (SSSR count).